The summed E-state index contributed by atoms with van der Waals surface area (Å²) in [6, 6.07) is 1.60. The van der Waals surface area contributed by atoms with Crippen molar-refractivity contribution in [3.8, 4) is 0 Å². The van der Waals surface area contributed by atoms with Crippen molar-refractivity contribution in [2.45, 2.75) is 12.8 Å². The third-order valence-electron chi connectivity index (χ3n) is 1.46. The Hall–Kier alpha value is 0.240. The first-order valence-corrected chi connectivity index (χ1v) is 5.80. The van der Waals surface area contributed by atoms with Crippen LogP contribution >= 0.6 is 46.1 Å². The third-order valence-corrected chi connectivity index (χ3v) is 3.63. The topological polar surface area (TPSA) is 17.1 Å². The maximum Gasteiger partial charge on any atom is 0.172 e. The van der Waals surface area contributed by atoms with Crippen molar-refractivity contribution < 1.29 is 4.79 Å². The maximum atomic E-state index is 11.4. The predicted molar refractivity (Wildman–Crippen MR) is 58.6 cm³/mol. The van der Waals surface area contributed by atoms with Gasteiger partial charge in [-0.1, -0.05) is 23.2 Å². The average molecular weight is 258 g/mol. The summed E-state index contributed by atoms with van der Waals surface area (Å²) in [7, 11) is 0. The third kappa shape index (κ3) is 3.13. The molecule has 0 aliphatic rings. The second-order valence-electron chi connectivity index (χ2n) is 2.45. The SMILES string of the molecule is O=C(CCCCl)c1cc(Cl)c(Cl)s1. The summed E-state index contributed by atoms with van der Waals surface area (Å²) in [6.07, 6.45) is 1.14. The minimum Gasteiger partial charge on any atom is -0.293 e. The normalized spacial score (nSPS) is 10.4. The van der Waals surface area contributed by atoms with Crippen LogP contribution < -0.4 is 0 Å². The maximum absolute atomic E-state index is 11.4. The number of halogens is 3. The standard InChI is InChI=1S/C8H7Cl3OS/c9-3-1-2-6(12)7-4-5(10)8(11)13-7/h4H,1-3H2. The van der Waals surface area contributed by atoms with Crippen LogP contribution in [0.3, 0.4) is 0 Å². The van der Waals surface area contributed by atoms with Crippen LogP contribution in [-0.4, -0.2) is 11.7 Å². The van der Waals surface area contributed by atoms with E-state index in [-0.39, 0.29) is 5.78 Å². The summed E-state index contributed by atoms with van der Waals surface area (Å²) in [5, 5.41) is 0.445. The number of carbonyl (C=O) groups excluding carboxylic acids is 1. The largest absolute Gasteiger partial charge is 0.293 e. The predicted octanol–water partition coefficient (Wildman–Crippen LogP) is 4.26. The summed E-state index contributed by atoms with van der Waals surface area (Å²) >= 11 is 18.1. The Bertz CT molecular complexity index is 289. The summed E-state index contributed by atoms with van der Waals surface area (Å²) in [4.78, 5) is 12.0. The van der Waals surface area contributed by atoms with Crippen LogP contribution in [0.25, 0.3) is 0 Å². The van der Waals surface area contributed by atoms with Crippen LogP contribution in [0.4, 0.5) is 0 Å². The van der Waals surface area contributed by atoms with E-state index in [0.29, 0.717) is 33.0 Å². The van der Waals surface area contributed by atoms with Gasteiger partial charge >= 0.3 is 0 Å². The molecular formula is C8H7Cl3OS. The van der Waals surface area contributed by atoms with Crippen LogP contribution in [-0.2, 0) is 0 Å². The molecule has 0 aliphatic carbocycles. The van der Waals surface area contributed by atoms with Crippen molar-refractivity contribution in [1.29, 1.82) is 0 Å². The summed E-state index contributed by atoms with van der Waals surface area (Å²) in [5.41, 5.74) is 0. The number of alkyl halides is 1. The van der Waals surface area contributed by atoms with Gasteiger partial charge in [-0.15, -0.1) is 22.9 Å². The molecule has 0 unspecified atom stereocenters. The Morgan fingerprint density at radius 1 is 1.46 bits per heavy atom. The monoisotopic (exact) mass is 256 g/mol. The van der Waals surface area contributed by atoms with Crippen LogP contribution in [0.5, 0.6) is 0 Å². The average Bonchev–Trinajstić information content (AvgIpc) is 2.43. The van der Waals surface area contributed by atoms with E-state index in [2.05, 4.69) is 0 Å². The van der Waals surface area contributed by atoms with Crippen LogP contribution in [0.2, 0.25) is 9.36 Å². The van der Waals surface area contributed by atoms with Gasteiger partial charge in [0.1, 0.15) is 4.34 Å². The van der Waals surface area contributed by atoms with Gasteiger partial charge in [-0.05, 0) is 12.5 Å². The zero-order valence-electron chi connectivity index (χ0n) is 6.65. The van der Waals surface area contributed by atoms with E-state index < -0.39 is 0 Å². The molecule has 5 heteroatoms. The van der Waals surface area contributed by atoms with Gasteiger partial charge in [-0.2, -0.15) is 0 Å². The Morgan fingerprint density at radius 2 is 2.15 bits per heavy atom. The molecule has 0 amide bonds. The highest BCUT2D eigenvalue weighted by molar-refractivity contribution is 7.18. The van der Waals surface area contributed by atoms with E-state index in [1.165, 1.54) is 11.3 Å². The molecule has 1 aromatic heterocycles. The number of hydrogen-bond acceptors (Lipinski definition) is 2. The first-order chi connectivity index (χ1) is 6.15. The second kappa shape index (κ2) is 5.20. The highest BCUT2D eigenvalue weighted by Crippen LogP contribution is 2.32. The number of thiophene rings is 1. The van der Waals surface area contributed by atoms with Gasteiger partial charge in [0, 0.05) is 12.3 Å². The summed E-state index contributed by atoms with van der Waals surface area (Å²) in [5.74, 6) is 0.554. The number of carbonyl (C=O) groups is 1. The Labute approximate surface area is 95.6 Å². The molecule has 0 aliphatic heterocycles. The molecule has 1 heterocycles. The first-order valence-electron chi connectivity index (χ1n) is 3.69. The van der Waals surface area contributed by atoms with E-state index in [0.717, 1.165) is 0 Å². The molecule has 0 fully saturated rings. The van der Waals surface area contributed by atoms with Crippen LogP contribution in [0.1, 0.15) is 22.5 Å². The van der Waals surface area contributed by atoms with Crippen molar-refractivity contribution in [3.63, 3.8) is 0 Å². The lowest BCUT2D eigenvalue weighted by Gasteiger charge is -1.92. The molecule has 0 saturated heterocycles. The fourth-order valence-corrected chi connectivity index (χ4v) is 2.30. The molecule has 1 nitrogen and oxygen atoms in total. The molecule has 0 bridgehead atoms. The lowest BCUT2D eigenvalue weighted by molar-refractivity contribution is 0.0986. The quantitative estimate of drug-likeness (QED) is 0.582. The van der Waals surface area contributed by atoms with Gasteiger partial charge in [0.15, 0.2) is 5.78 Å². The van der Waals surface area contributed by atoms with Gasteiger partial charge in [0.2, 0.25) is 0 Å². The summed E-state index contributed by atoms with van der Waals surface area (Å²) in [6.45, 7) is 0. The van der Waals surface area contributed by atoms with E-state index >= 15 is 0 Å². The highest BCUT2D eigenvalue weighted by atomic mass is 35.5. The van der Waals surface area contributed by atoms with Gasteiger partial charge < -0.3 is 0 Å². The molecule has 0 spiro atoms. The van der Waals surface area contributed by atoms with E-state index in [1.54, 1.807) is 6.07 Å². The zero-order chi connectivity index (χ0) is 9.84. The van der Waals surface area contributed by atoms with Crippen molar-refractivity contribution in [2.24, 2.45) is 0 Å². The Kier molecular flexibility index (Phi) is 4.53. The first kappa shape index (κ1) is 11.3. The fraction of sp³-hybridized carbons (Fsp3) is 0.375. The number of ketones is 1. The zero-order valence-corrected chi connectivity index (χ0v) is 9.73. The summed E-state index contributed by atoms with van der Waals surface area (Å²) < 4.78 is 0.468. The molecule has 0 radical (unpaired) electrons. The molecule has 1 aromatic rings. The molecule has 0 aromatic carbocycles. The van der Waals surface area contributed by atoms with Crippen LogP contribution in [0.15, 0.2) is 6.07 Å². The van der Waals surface area contributed by atoms with E-state index in [1.807, 2.05) is 0 Å². The molecular weight excluding hydrogens is 251 g/mol. The van der Waals surface area contributed by atoms with Crippen LogP contribution in [0, 0.1) is 0 Å². The molecule has 0 atom stereocenters. The van der Waals surface area contributed by atoms with E-state index in [9.17, 15) is 4.79 Å². The van der Waals surface area contributed by atoms with Gasteiger partial charge in [-0.3, -0.25) is 4.79 Å². The minimum atomic E-state index is 0.0550. The lowest BCUT2D eigenvalue weighted by Crippen LogP contribution is -1.95. The van der Waals surface area contributed by atoms with Crippen molar-refractivity contribution >= 4 is 51.9 Å². The van der Waals surface area contributed by atoms with Gasteiger partial charge in [0.05, 0.1) is 9.90 Å². The minimum absolute atomic E-state index is 0.0550. The molecule has 13 heavy (non-hydrogen) atoms. The lowest BCUT2D eigenvalue weighted by atomic mass is 10.2. The molecule has 1 rings (SSSR count). The Morgan fingerprint density at radius 3 is 2.62 bits per heavy atom. The number of Topliss-reactive ketones (excluding diaryl/α,β-unsaturated/α-hetero) is 1. The fourth-order valence-electron chi connectivity index (χ4n) is 0.835. The molecule has 0 saturated carbocycles. The van der Waals surface area contributed by atoms with Gasteiger partial charge in [0.25, 0.3) is 0 Å². The van der Waals surface area contributed by atoms with Gasteiger partial charge in [-0.25, -0.2) is 0 Å². The molecule has 72 valence electrons. The number of rotatable bonds is 4. The second-order valence-corrected chi connectivity index (χ2v) is 4.89. The molecule has 0 N–H and O–H groups in total. The van der Waals surface area contributed by atoms with Crippen molar-refractivity contribution in [2.75, 3.05) is 5.88 Å². The highest BCUT2D eigenvalue weighted by Gasteiger charge is 2.11. The van der Waals surface area contributed by atoms with E-state index in [4.69, 9.17) is 34.8 Å². The number of hydrogen-bond donors (Lipinski definition) is 0. The van der Waals surface area contributed by atoms with Crippen molar-refractivity contribution in [1.82, 2.24) is 0 Å². The van der Waals surface area contributed by atoms with Crippen molar-refractivity contribution in [3.05, 3.63) is 20.3 Å². The smallest absolute Gasteiger partial charge is 0.172 e. The Balaban J connectivity index is 2.66.